The Morgan fingerprint density at radius 1 is 1.39 bits per heavy atom. The van der Waals surface area contributed by atoms with E-state index < -0.39 is 6.03 Å². The van der Waals surface area contributed by atoms with E-state index in [9.17, 15) is 4.79 Å². The molecule has 5 nitrogen and oxygen atoms in total. The van der Waals surface area contributed by atoms with E-state index in [2.05, 4.69) is 16.0 Å². The highest BCUT2D eigenvalue weighted by atomic mass is 16.2. The van der Waals surface area contributed by atoms with Gasteiger partial charge in [0.25, 0.3) is 0 Å². The van der Waals surface area contributed by atoms with Gasteiger partial charge in [-0.2, -0.15) is 0 Å². The highest BCUT2D eigenvalue weighted by molar-refractivity contribution is 5.88. The first kappa shape index (κ1) is 12.7. The Balaban J connectivity index is 1.86. The van der Waals surface area contributed by atoms with E-state index >= 15 is 0 Å². The van der Waals surface area contributed by atoms with Gasteiger partial charge in [0.05, 0.1) is 0 Å². The molecule has 0 radical (unpaired) electrons. The predicted octanol–water partition coefficient (Wildman–Crippen LogP) is 1.73. The Kier molecular flexibility index (Phi) is 4.41. The third-order valence-electron chi connectivity index (χ3n) is 3.10. The lowest BCUT2D eigenvalue weighted by Gasteiger charge is -2.24. The maximum Gasteiger partial charge on any atom is 0.316 e. The van der Waals surface area contributed by atoms with Crippen LogP contribution < -0.4 is 21.7 Å². The molecule has 0 aliphatic carbocycles. The standard InChI is InChI=1S/C13H20N4O/c14-13(18)17-11-6-3-5-10(8-11)16-9-12-4-1-2-7-15-12/h3,5-6,8,12,15-16H,1-2,4,7,9H2,(H3,14,17,18). The molecule has 2 amide bonds. The van der Waals surface area contributed by atoms with Crippen molar-refractivity contribution >= 4 is 17.4 Å². The first-order valence-corrected chi connectivity index (χ1v) is 6.38. The minimum absolute atomic E-state index is 0.534. The Labute approximate surface area is 107 Å². The van der Waals surface area contributed by atoms with Crippen molar-refractivity contribution in [2.45, 2.75) is 25.3 Å². The lowest BCUT2D eigenvalue weighted by atomic mass is 10.1. The van der Waals surface area contributed by atoms with Gasteiger partial charge >= 0.3 is 6.03 Å². The highest BCUT2D eigenvalue weighted by Crippen LogP contribution is 2.15. The molecule has 1 aromatic rings. The van der Waals surface area contributed by atoms with Gasteiger partial charge in [-0.3, -0.25) is 0 Å². The van der Waals surface area contributed by atoms with Crippen molar-refractivity contribution in [3.05, 3.63) is 24.3 Å². The van der Waals surface area contributed by atoms with Gasteiger partial charge in [0.1, 0.15) is 0 Å². The van der Waals surface area contributed by atoms with Gasteiger partial charge < -0.3 is 21.7 Å². The van der Waals surface area contributed by atoms with Crippen LogP contribution in [0.2, 0.25) is 0 Å². The number of hydrogen-bond acceptors (Lipinski definition) is 3. The highest BCUT2D eigenvalue weighted by Gasteiger charge is 2.11. The quantitative estimate of drug-likeness (QED) is 0.655. The Hall–Kier alpha value is -1.75. The number of nitrogens with one attached hydrogen (secondary N) is 3. The van der Waals surface area contributed by atoms with Crippen LogP contribution in [0.4, 0.5) is 16.2 Å². The average molecular weight is 248 g/mol. The van der Waals surface area contributed by atoms with E-state index in [1.165, 1.54) is 19.3 Å². The van der Waals surface area contributed by atoms with E-state index in [1.807, 2.05) is 24.3 Å². The van der Waals surface area contributed by atoms with Crippen LogP contribution in [0, 0.1) is 0 Å². The second-order valence-electron chi connectivity index (χ2n) is 4.60. The summed E-state index contributed by atoms with van der Waals surface area (Å²) in [6.07, 6.45) is 3.78. The molecule has 0 spiro atoms. The summed E-state index contributed by atoms with van der Waals surface area (Å²) in [6, 6.07) is 7.56. The molecule has 18 heavy (non-hydrogen) atoms. The Bertz CT molecular complexity index is 402. The Morgan fingerprint density at radius 2 is 2.22 bits per heavy atom. The minimum atomic E-state index is -0.541. The van der Waals surface area contributed by atoms with Crippen LogP contribution >= 0.6 is 0 Å². The number of anilines is 2. The van der Waals surface area contributed by atoms with Gasteiger partial charge in [0.15, 0.2) is 0 Å². The molecule has 5 N–H and O–H groups in total. The lowest BCUT2D eigenvalue weighted by Crippen LogP contribution is -2.39. The average Bonchev–Trinajstić information content (AvgIpc) is 2.37. The number of hydrogen-bond donors (Lipinski definition) is 4. The molecule has 0 aromatic heterocycles. The van der Waals surface area contributed by atoms with E-state index in [-0.39, 0.29) is 0 Å². The minimum Gasteiger partial charge on any atom is -0.383 e. The van der Waals surface area contributed by atoms with Crippen molar-refractivity contribution in [3.63, 3.8) is 0 Å². The van der Waals surface area contributed by atoms with Crippen molar-refractivity contribution in [3.8, 4) is 0 Å². The fraction of sp³-hybridized carbons (Fsp3) is 0.462. The van der Waals surface area contributed by atoms with Crippen molar-refractivity contribution in [1.29, 1.82) is 0 Å². The van der Waals surface area contributed by atoms with Gasteiger partial charge in [-0.1, -0.05) is 12.5 Å². The molecular weight excluding hydrogens is 228 g/mol. The summed E-state index contributed by atoms with van der Waals surface area (Å²) in [5.74, 6) is 0. The summed E-state index contributed by atoms with van der Waals surface area (Å²) in [4.78, 5) is 10.8. The number of carbonyl (C=O) groups is 1. The summed E-state index contributed by atoms with van der Waals surface area (Å²) in [5, 5.41) is 9.42. The molecule has 1 aliphatic heterocycles. The first-order valence-electron chi connectivity index (χ1n) is 6.38. The van der Waals surface area contributed by atoms with Crippen LogP contribution in [0.5, 0.6) is 0 Å². The van der Waals surface area contributed by atoms with Gasteiger partial charge in [-0.25, -0.2) is 4.79 Å². The monoisotopic (exact) mass is 248 g/mol. The zero-order valence-corrected chi connectivity index (χ0v) is 10.4. The molecule has 1 atom stereocenters. The molecule has 1 saturated heterocycles. The lowest BCUT2D eigenvalue weighted by molar-refractivity contribution is 0.259. The predicted molar refractivity (Wildman–Crippen MR) is 73.8 cm³/mol. The van der Waals surface area contributed by atoms with Crippen LogP contribution in [0.15, 0.2) is 24.3 Å². The maximum atomic E-state index is 10.8. The van der Waals surface area contributed by atoms with Gasteiger partial charge in [0, 0.05) is 24.0 Å². The van der Waals surface area contributed by atoms with Crippen LogP contribution in [0.25, 0.3) is 0 Å². The van der Waals surface area contributed by atoms with Crippen molar-refractivity contribution in [2.24, 2.45) is 5.73 Å². The molecule has 1 aliphatic rings. The van der Waals surface area contributed by atoms with Gasteiger partial charge in [-0.05, 0) is 37.6 Å². The summed E-state index contributed by atoms with van der Waals surface area (Å²) < 4.78 is 0. The van der Waals surface area contributed by atoms with Crippen LogP contribution in [-0.4, -0.2) is 25.2 Å². The van der Waals surface area contributed by atoms with Crippen molar-refractivity contribution in [1.82, 2.24) is 5.32 Å². The SMILES string of the molecule is NC(=O)Nc1cccc(NCC2CCCCN2)c1. The fourth-order valence-corrected chi connectivity index (χ4v) is 2.19. The number of rotatable bonds is 4. The second-order valence-corrected chi connectivity index (χ2v) is 4.60. The fourth-order valence-electron chi connectivity index (χ4n) is 2.19. The number of primary amides is 1. The molecule has 1 fully saturated rings. The first-order chi connectivity index (χ1) is 8.74. The Morgan fingerprint density at radius 3 is 2.94 bits per heavy atom. The summed E-state index contributed by atoms with van der Waals surface area (Å²) in [5.41, 5.74) is 6.79. The van der Waals surface area contributed by atoms with E-state index in [4.69, 9.17) is 5.73 Å². The maximum absolute atomic E-state index is 10.8. The van der Waals surface area contributed by atoms with Gasteiger partial charge in [0.2, 0.25) is 0 Å². The zero-order valence-electron chi connectivity index (χ0n) is 10.4. The largest absolute Gasteiger partial charge is 0.383 e. The number of urea groups is 1. The number of nitrogens with two attached hydrogens (primary N) is 1. The molecule has 0 saturated carbocycles. The zero-order chi connectivity index (χ0) is 12.8. The third-order valence-corrected chi connectivity index (χ3v) is 3.10. The second kappa shape index (κ2) is 6.26. The van der Waals surface area contributed by atoms with E-state index in [1.54, 1.807) is 0 Å². The van der Waals surface area contributed by atoms with Crippen molar-refractivity contribution < 1.29 is 4.79 Å². The van der Waals surface area contributed by atoms with Crippen LogP contribution in [-0.2, 0) is 0 Å². The summed E-state index contributed by atoms with van der Waals surface area (Å²) in [7, 11) is 0. The topological polar surface area (TPSA) is 79.2 Å². The molecule has 5 heteroatoms. The molecule has 1 unspecified atom stereocenters. The molecule has 0 bridgehead atoms. The van der Waals surface area contributed by atoms with Crippen LogP contribution in [0.1, 0.15) is 19.3 Å². The number of carbonyl (C=O) groups excluding carboxylic acids is 1. The molecule has 1 heterocycles. The third kappa shape index (κ3) is 3.92. The number of benzene rings is 1. The summed E-state index contributed by atoms with van der Waals surface area (Å²) in [6.45, 7) is 2.01. The number of piperidine rings is 1. The molecule has 98 valence electrons. The van der Waals surface area contributed by atoms with Crippen molar-refractivity contribution in [2.75, 3.05) is 23.7 Å². The molecule has 2 rings (SSSR count). The van der Waals surface area contributed by atoms with E-state index in [0.717, 1.165) is 18.8 Å². The molecular formula is C13H20N4O. The number of amides is 2. The van der Waals surface area contributed by atoms with Gasteiger partial charge in [-0.15, -0.1) is 0 Å². The molecule has 1 aromatic carbocycles. The summed E-state index contributed by atoms with van der Waals surface area (Å²) >= 11 is 0. The smallest absolute Gasteiger partial charge is 0.316 e. The normalized spacial score (nSPS) is 19.2. The van der Waals surface area contributed by atoms with E-state index in [0.29, 0.717) is 11.7 Å². The van der Waals surface area contributed by atoms with Crippen LogP contribution in [0.3, 0.4) is 0 Å².